The van der Waals surface area contributed by atoms with Crippen LogP contribution < -0.4 is 10.3 Å². The van der Waals surface area contributed by atoms with E-state index in [9.17, 15) is 13.2 Å². The normalized spacial score (nSPS) is 11.0. The van der Waals surface area contributed by atoms with Crippen LogP contribution in [0.3, 0.4) is 0 Å². The molecule has 0 aliphatic heterocycles. The average Bonchev–Trinajstić information content (AvgIpc) is 2.46. The van der Waals surface area contributed by atoms with Crippen LogP contribution in [-0.4, -0.2) is 19.2 Å². The Labute approximate surface area is 127 Å². The summed E-state index contributed by atoms with van der Waals surface area (Å²) < 4.78 is 27.1. The van der Waals surface area contributed by atoms with Crippen molar-refractivity contribution in [3.8, 4) is 0 Å². The molecule has 2 N–H and O–H groups in total. The Balaban J connectivity index is 2.30. The lowest BCUT2D eigenvalue weighted by molar-refractivity contribution is 0.600. The van der Waals surface area contributed by atoms with Crippen molar-refractivity contribution in [3.05, 3.63) is 65.6 Å². The van der Waals surface area contributed by atoms with Gasteiger partial charge >= 0.3 is 0 Å². The van der Waals surface area contributed by atoms with E-state index in [-0.39, 0.29) is 10.5 Å². The van der Waals surface area contributed by atoms with Crippen molar-refractivity contribution in [2.24, 2.45) is 0 Å². The van der Waals surface area contributed by atoms with E-state index < -0.39 is 10.0 Å². The van der Waals surface area contributed by atoms with Gasteiger partial charge in [-0.2, -0.15) is 0 Å². The number of nitrogens with one attached hydrogen (secondary N) is 2. The summed E-state index contributed by atoms with van der Waals surface area (Å²) in [6, 6.07) is 9.55. The van der Waals surface area contributed by atoms with Crippen molar-refractivity contribution in [2.45, 2.75) is 9.79 Å². The molecule has 0 aliphatic carbocycles. The molecule has 2 aromatic rings. The Hall–Kier alpha value is -1.99. The largest absolute Gasteiger partial charge is 0.328 e. The summed E-state index contributed by atoms with van der Waals surface area (Å²) in [6.45, 7) is 3.64. The van der Waals surface area contributed by atoms with Gasteiger partial charge in [0.2, 0.25) is 5.56 Å². The summed E-state index contributed by atoms with van der Waals surface area (Å²) in [5.41, 5.74) is 0.145. The van der Waals surface area contributed by atoms with Gasteiger partial charge in [0.05, 0.1) is 5.69 Å². The number of pyridine rings is 1. The number of aromatic amines is 1. The lowest BCUT2D eigenvalue weighted by Crippen LogP contribution is -2.15. The Morgan fingerprint density at radius 1 is 1.24 bits per heavy atom. The first kappa shape index (κ1) is 15.4. The van der Waals surface area contributed by atoms with E-state index >= 15 is 0 Å². The number of H-pyrrole nitrogens is 1. The zero-order valence-corrected chi connectivity index (χ0v) is 12.7. The first-order valence-electron chi connectivity index (χ1n) is 6.07. The molecule has 21 heavy (non-hydrogen) atoms. The van der Waals surface area contributed by atoms with Gasteiger partial charge in [0.15, 0.2) is 0 Å². The zero-order valence-electron chi connectivity index (χ0n) is 11.1. The molecule has 0 amide bonds. The monoisotopic (exact) mass is 322 g/mol. The molecule has 0 saturated heterocycles. The quantitative estimate of drug-likeness (QED) is 0.632. The number of rotatable bonds is 6. The molecule has 0 spiro atoms. The standard InChI is InChI=1S/C14H14N2O3S2/c1-2-9-20-13-6-4-3-5-12(13)16-21(18,19)11-7-8-14(17)15-10-11/h2-8,10,16H,1,9H2,(H,15,17). The van der Waals surface area contributed by atoms with E-state index in [1.807, 2.05) is 12.1 Å². The fourth-order valence-corrected chi connectivity index (χ4v) is 3.45. The lowest BCUT2D eigenvalue weighted by Gasteiger charge is -2.11. The Morgan fingerprint density at radius 2 is 2.00 bits per heavy atom. The van der Waals surface area contributed by atoms with Gasteiger partial charge in [-0.15, -0.1) is 18.3 Å². The van der Waals surface area contributed by atoms with E-state index in [4.69, 9.17) is 0 Å². The van der Waals surface area contributed by atoms with Crippen LogP contribution in [0.2, 0.25) is 0 Å². The molecule has 0 fully saturated rings. The first-order chi connectivity index (χ1) is 10.0. The lowest BCUT2D eigenvalue weighted by atomic mass is 10.3. The van der Waals surface area contributed by atoms with Crippen LogP contribution >= 0.6 is 11.8 Å². The fraction of sp³-hybridized carbons (Fsp3) is 0.0714. The number of benzene rings is 1. The van der Waals surface area contributed by atoms with Gasteiger partial charge in [-0.05, 0) is 18.2 Å². The summed E-state index contributed by atoms with van der Waals surface area (Å²) in [4.78, 5) is 14.2. The van der Waals surface area contributed by atoms with Crippen LogP contribution in [0, 0.1) is 0 Å². The molecule has 0 bridgehead atoms. The Morgan fingerprint density at radius 3 is 2.67 bits per heavy atom. The van der Waals surface area contributed by atoms with Crippen molar-refractivity contribution in [1.29, 1.82) is 0 Å². The van der Waals surface area contributed by atoms with Gasteiger partial charge < -0.3 is 4.98 Å². The van der Waals surface area contributed by atoms with Crippen molar-refractivity contribution in [3.63, 3.8) is 0 Å². The topological polar surface area (TPSA) is 79.0 Å². The second-order valence-corrected chi connectivity index (χ2v) is 6.83. The smallest absolute Gasteiger partial charge is 0.263 e. The number of thioether (sulfide) groups is 1. The molecule has 5 nitrogen and oxygen atoms in total. The van der Waals surface area contributed by atoms with Gasteiger partial charge in [-0.3, -0.25) is 9.52 Å². The number of para-hydroxylation sites is 1. The maximum absolute atomic E-state index is 12.3. The van der Waals surface area contributed by atoms with Crippen LogP contribution in [0.25, 0.3) is 0 Å². The highest BCUT2D eigenvalue weighted by Gasteiger charge is 2.16. The third-order valence-corrected chi connectivity index (χ3v) is 4.99. The van der Waals surface area contributed by atoms with E-state index in [0.29, 0.717) is 11.4 Å². The van der Waals surface area contributed by atoms with Crippen LogP contribution in [-0.2, 0) is 10.0 Å². The number of sulfonamides is 1. The fourth-order valence-electron chi connectivity index (χ4n) is 1.59. The van der Waals surface area contributed by atoms with Gasteiger partial charge in [-0.1, -0.05) is 18.2 Å². The van der Waals surface area contributed by atoms with Crippen molar-refractivity contribution < 1.29 is 8.42 Å². The minimum Gasteiger partial charge on any atom is -0.328 e. The minimum atomic E-state index is -3.74. The second-order valence-electron chi connectivity index (χ2n) is 4.09. The molecule has 7 heteroatoms. The Bertz CT molecular complexity index is 777. The predicted molar refractivity (Wildman–Crippen MR) is 85.2 cm³/mol. The number of hydrogen-bond acceptors (Lipinski definition) is 4. The van der Waals surface area contributed by atoms with Crippen molar-refractivity contribution in [2.75, 3.05) is 10.5 Å². The first-order valence-corrected chi connectivity index (χ1v) is 8.54. The minimum absolute atomic E-state index is 0.00521. The molecule has 1 aromatic heterocycles. The van der Waals surface area contributed by atoms with Crippen LogP contribution in [0.1, 0.15) is 0 Å². The number of anilines is 1. The molecule has 0 radical (unpaired) electrons. The highest BCUT2D eigenvalue weighted by atomic mass is 32.2. The summed E-state index contributed by atoms with van der Waals surface area (Å²) in [5, 5.41) is 0. The third kappa shape index (κ3) is 3.99. The third-order valence-electron chi connectivity index (χ3n) is 2.55. The predicted octanol–water partition coefficient (Wildman–Crippen LogP) is 2.45. The van der Waals surface area contributed by atoms with E-state index in [1.165, 1.54) is 30.1 Å². The molecule has 2 rings (SSSR count). The van der Waals surface area contributed by atoms with Crippen LogP contribution in [0.5, 0.6) is 0 Å². The van der Waals surface area contributed by atoms with Crippen LogP contribution in [0.15, 0.2) is 69.8 Å². The second kappa shape index (κ2) is 6.64. The SMILES string of the molecule is C=CCSc1ccccc1NS(=O)(=O)c1ccc(=O)[nH]c1. The van der Waals surface area contributed by atoms with E-state index in [2.05, 4.69) is 16.3 Å². The zero-order chi connectivity index (χ0) is 15.3. The molecule has 0 atom stereocenters. The summed E-state index contributed by atoms with van der Waals surface area (Å²) in [5.74, 6) is 0.678. The van der Waals surface area contributed by atoms with Gasteiger partial charge in [0, 0.05) is 22.9 Å². The maximum atomic E-state index is 12.3. The molecule has 0 saturated carbocycles. The summed E-state index contributed by atoms with van der Waals surface area (Å²) in [6.07, 6.45) is 2.92. The maximum Gasteiger partial charge on any atom is 0.263 e. The molecule has 1 heterocycles. The molecule has 110 valence electrons. The van der Waals surface area contributed by atoms with E-state index in [1.54, 1.807) is 18.2 Å². The number of aromatic nitrogens is 1. The highest BCUT2D eigenvalue weighted by molar-refractivity contribution is 7.99. The molecule has 0 unspecified atom stereocenters. The summed E-state index contributed by atoms with van der Waals surface area (Å²) >= 11 is 1.48. The average molecular weight is 322 g/mol. The number of hydrogen-bond donors (Lipinski definition) is 2. The molecular formula is C14H14N2O3S2. The highest BCUT2D eigenvalue weighted by Crippen LogP contribution is 2.28. The summed E-state index contributed by atoms with van der Waals surface area (Å²) in [7, 11) is -3.74. The van der Waals surface area contributed by atoms with Crippen LogP contribution in [0.4, 0.5) is 5.69 Å². The van der Waals surface area contributed by atoms with Gasteiger partial charge in [-0.25, -0.2) is 8.42 Å². The Kier molecular flexibility index (Phi) is 4.87. The van der Waals surface area contributed by atoms with Crippen molar-refractivity contribution >= 4 is 27.5 Å². The van der Waals surface area contributed by atoms with Gasteiger partial charge in [0.1, 0.15) is 4.90 Å². The van der Waals surface area contributed by atoms with Gasteiger partial charge in [0.25, 0.3) is 10.0 Å². The van der Waals surface area contributed by atoms with Crippen molar-refractivity contribution in [1.82, 2.24) is 4.98 Å². The molecule has 1 aromatic carbocycles. The molecule has 0 aliphatic rings. The van der Waals surface area contributed by atoms with E-state index in [0.717, 1.165) is 4.90 Å². The molecular weight excluding hydrogens is 308 g/mol.